The molecule has 1 atom stereocenters. The van der Waals surface area contributed by atoms with Crippen LogP contribution >= 0.6 is 0 Å². The lowest BCUT2D eigenvalue weighted by atomic mass is 9.77. The van der Waals surface area contributed by atoms with Gasteiger partial charge < -0.3 is 10.2 Å². The molecule has 0 bridgehead atoms. The van der Waals surface area contributed by atoms with E-state index in [4.69, 9.17) is 10.2 Å². The van der Waals surface area contributed by atoms with Gasteiger partial charge in [-0.15, -0.1) is 0 Å². The molecule has 1 aromatic heterocycles. The maximum atomic E-state index is 6.27. The molecule has 2 N–H and O–H groups in total. The van der Waals surface area contributed by atoms with Gasteiger partial charge in [-0.2, -0.15) is 0 Å². The molecule has 1 fully saturated rings. The third kappa shape index (κ3) is 2.88. The summed E-state index contributed by atoms with van der Waals surface area (Å²) >= 11 is 0. The van der Waals surface area contributed by atoms with E-state index in [9.17, 15) is 0 Å². The molecular weight excluding hydrogens is 198 g/mol. The summed E-state index contributed by atoms with van der Waals surface area (Å²) in [5.74, 6) is 2.69. The van der Waals surface area contributed by atoms with Gasteiger partial charge in [0.15, 0.2) is 0 Å². The van der Waals surface area contributed by atoms with E-state index in [1.807, 2.05) is 12.1 Å². The highest BCUT2D eigenvalue weighted by Gasteiger charge is 2.25. The van der Waals surface area contributed by atoms with E-state index in [2.05, 4.69) is 6.92 Å². The second kappa shape index (κ2) is 5.53. The van der Waals surface area contributed by atoms with Crippen LogP contribution in [-0.4, -0.2) is 6.04 Å². The van der Waals surface area contributed by atoms with Gasteiger partial charge in [0.1, 0.15) is 5.76 Å². The van der Waals surface area contributed by atoms with Crippen LogP contribution in [0.3, 0.4) is 0 Å². The third-order valence-corrected chi connectivity index (χ3v) is 4.09. The van der Waals surface area contributed by atoms with Crippen molar-refractivity contribution in [1.29, 1.82) is 0 Å². The van der Waals surface area contributed by atoms with Crippen LogP contribution < -0.4 is 5.73 Å². The fraction of sp³-hybridized carbons (Fsp3) is 0.714. The zero-order valence-corrected chi connectivity index (χ0v) is 10.2. The second-order valence-corrected chi connectivity index (χ2v) is 5.14. The first-order chi connectivity index (χ1) is 7.79. The summed E-state index contributed by atoms with van der Waals surface area (Å²) in [5.41, 5.74) is 6.27. The zero-order valence-electron chi connectivity index (χ0n) is 10.2. The molecule has 2 nitrogen and oxygen atoms in total. The van der Waals surface area contributed by atoms with E-state index >= 15 is 0 Å². The lowest BCUT2D eigenvalue weighted by molar-refractivity contribution is 0.234. The van der Waals surface area contributed by atoms with Crippen LogP contribution in [0.2, 0.25) is 0 Å². The fourth-order valence-corrected chi connectivity index (χ4v) is 2.85. The topological polar surface area (TPSA) is 39.2 Å². The molecular formula is C14H23NO. The molecule has 16 heavy (non-hydrogen) atoms. The summed E-state index contributed by atoms with van der Waals surface area (Å²) in [6.45, 7) is 2.30. The minimum Gasteiger partial charge on any atom is -0.469 e. The van der Waals surface area contributed by atoms with Crippen LogP contribution in [0.4, 0.5) is 0 Å². The number of hydrogen-bond donors (Lipinski definition) is 1. The van der Waals surface area contributed by atoms with Crippen molar-refractivity contribution in [3.63, 3.8) is 0 Å². The average molecular weight is 221 g/mol. The molecule has 1 unspecified atom stereocenters. The summed E-state index contributed by atoms with van der Waals surface area (Å²) in [5, 5.41) is 0. The van der Waals surface area contributed by atoms with Crippen molar-refractivity contribution < 1.29 is 4.42 Å². The normalized spacial score (nSPS) is 27.9. The Kier molecular flexibility index (Phi) is 4.05. The van der Waals surface area contributed by atoms with E-state index < -0.39 is 0 Å². The highest BCUT2D eigenvalue weighted by atomic mass is 16.3. The molecule has 2 heteroatoms. The molecule has 0 amide bonds. The summed E-state index contributed by atoms with van der Waals surface area (Å²) in [7, 11) is 0. The SMILES string of the molecule is CCC1CCC(C(N)Cc2ccco2)CC1. The first kappa shape index (κ1) is 11.7. The van der Waals surface area contributed by atoms with E-state index in [0.29, 0.717) is 5.92 Å². The minimum absolute atomic E-state index is 0.281. The van der Waals surface area contributed by atoms with Crippen molar-refractivity contribution in [3.8, 4) is 0 Å². The van der Waals surface area contributed by atoms with Gasteiger partial charge in [-0.05, 0) is 36.8 Å². The first-order valence-corrected chi connectivity index (χ1v) is 6.57. The summed E-state index contributed by atoms with van der Waals surface area (Å²) < 4.78 is 5.36. The van der Waals surface area contributed by atoms with Crippen LogP contribution in [0, 0.1) is 11.8 Å². The predicted molar refractivity (Wildman–Crippen MR) is 66.1 cm³/mol. The monoisotopic (exact) mass is 221 g/mol. The van der Waals surface area contributed by atoms with Gasteiger partial charge in [0, 0.05) is 12.5 Å². The molecule has 1 aliphatic carbocycles. The number of nitrogens with two attached hydrogens (primary N) is 1. The summed E-state index contributed by atoms with van der Waals surface area (Å²) in [6, 6.07) is 4.25. The largest absolute Gasteiger partial charge is 0.469 e. The van der Waals surface area contributed by atoms with Gasteiger partial charge in [0.2, 0.25) is 0 Å². The Morgan fingerprint density at radius 2 is 2.12 bits per heavy atom. The molecule has 0 saturated heterocycles. The summed E-state index contributed by atoms with van der Waals surface area (Å²) in [6.07, 6.45) is 9.31. The van der Waals surface area contributed by atoms with Crippen molar-refractivity contribution in [2.75, 3.05) is 0 Å². The van der Waals surface area contributed by atoms with E-state index in [1.165, 1.54) is 32.1 Å². The molecule has 2 rings (SSSR count). The van der Waals surface area contributed by atoms with Crippen LogP contribution in [0.25, 0.3) is 0 Å². The highest BCUT2D eigenvalue weighted by molar-refractivity contribution is 5.01. The van der Waals surface area contributed by atoms with Gasteiger partial charge in [-0.3, -0.25) is 0 Å². The van der Waals surface area contributed by atoms with Gasteiger partial charge in [-0.1, -0.05) is 26.2 Å². The molecule has 1 aromatic rings. The lowest BCUT2D eigenvalue weighted by Crippen LogP contribution is -2.34. The summed E-state index contributed by atoms with van der Waals surface area (Å²) in [4.78, 5) is 0. The van der Waals surface area contributed by atoms with Crippen LogP contribution in [-0.2, 0) is 6.42 Å². The highest BCUT2D eigenvalue weighted by Crippen LogP contribution is 2.32. The van der Waals surface area contributed by atoms with Crippen LogP contribution in [0.1, 0.15) is 44.8 Å². The zero-order chi connectivity index (χ0) is 11.4. The van der Waals surface area contributed by atoms with Crippen molar-refractivity contribution in [2.24, 2.45) is 17.6 Å². The minimum atomic E-state index is 0.281. The van der Waals surface area contributed by atoms with Gasteiger partial charge in [-0.25, -0.2) is 0 Å². The number of furan rings is 1. The Morgan fingerprint density at radius 3 is 2.69 bits per heavy atom. The van der Waals surface area contributed by atoms with Crippen molar-refractivity contribution in [2.45, 2.75) is 51.5 Å². The molecule has 90 valence electrons. The maximum Gasteiger partial charge on any atom is 0.105 e. The molecule has 1 saturated carbocycles. The van der Waals surface area contributed by atoms with Crippen LogP contribution in [0.5, 0.6) is 0 Å². The van der Waals surface area contributed by atoms with Gasteiger partial charge >= 0.3 is 0 Å². The molecule has 1 heterocycles. The standard InChI is InChI=1S/C14H23NO/c1-2-11-5-7-12(8-6-11)14(15)10-13-4-3-9-16-13/h3-4,9,11-12,14H,2,5-8,10,15H2,1H3. The molecule has 0 spiro atoms. The third-order valence-electron chi connectivity index (χ3n) is 4.09. The Balaban J connectivity index is 1.80. The van der Waals surface area contributed by atoms with Gasteiger partial charge in [0.25, 0.3) is 0 Å². The second-order valence-electron chi connectivity index (χ2n) is 5.14. The van der Waals surface area contributed by atoms with Crippen molar-refractivity contribution >= 4 is 0 Å². The lowest BCUT2D eigenvalue weighted by Gasteiger charge is -2.31. The predicted octanol–water partition coefficient (Wildman–Crippen LogP) is 3.37. The number of hydrogen-bond acceptors (Lipinski definition) is 2. The van der Waals surface area contributed by atoms with E-state index in [-0.39, 0.29) is 6.04 Å². The fourth-order valence-electron chi connectivity index (χ4n) is 2.85. The first-order valence-electron chi connectivity index (χ1n) is 6.57. The van der Waals surface area contributed by atoms with Crippen molar-refractivity contribution in [3.05, 3.63) is 24.2 Å². The van der Waals surface area contributed by atoms with Crippen LogP contribution in [0.15, 0.2) is 22.8 Å². The maximum absolute atomic E-state index is 6.27. The van der Waals surface area contributed by atoms with E-state index in [0.717, 1.165) is 18.1 Å². The Labute approximate surface area is 98.2 Å². The van der Waals surface area contributed by atoms with Gasteiger partial charge in [0.05, 0.1) is 6.26 Å². The molecule has 0 aliphatic heterocycles. The van der Waals surface area contributed by atoms with E-state index in [1.54, 1.807) is 6.26 Å². The molecule has 1 aliphatic rings. The average Bonchev–Trinajstić information content (AvgIpc) is 2.82. The Bertz CT molecular complexity index is 286. The van der Waals surface area contributed by atoms with Crippen molar-refractivity contribution in [1.82, 2.24) is 0 Å². The quantitative estimate of drug-likeness (QED) is 0.846. The molecule has 0 aromatic carbocycles. The number of rotatable bonds is 4. The molecule has 0 radical (unpaired) electrons. The Hall–Kier alpha value is -0.760. The smallest absolute Gasteiger partial charge is 0.105 e. The Morgan fingerprint density at radius 1 is 1.38 bits per heavy atom.